The van der Waals surface area contributed by atoms with Crippen LogP contribution >= 0.6 is 11.6 Å². The zero-order valence-electron chi connectivity index (χ0n) is 26.8. The summed E-state index contributed by atoms with van der Waals surface area (Å²) in [5.74, 6) is 1.02. The van der Waals surface area contributed by atoms with Crippen molar-refractivity contribution in [2.75, 3.05) is 38.7 Å². The number of hydrogen-bond acceptors (Lipinski definition) is 9. The third-order valence-electron chi connectivity index (χ3n) is 9.88. The lowest BCUT2D eigenvalue weighted by molar-refractivity contribution is -0.179. The summed E-state index contributed by atoms with van der Waals surface area (Å²) in [4.78, 5) is 36.4. The molecular formula is C36H34ClN7O4. The molecule has 11 nitrogen and oxygen atoms in total. The first kappa shape index (κ1) is 30.5. The van der Waals surface area contributed by atoms with Crippen LogP contribution in [0.5, 0.6) is 5.88 Å². The van der Waals surface area contributed by atoms with Crippen LogP contribution in [0.2, 0.25) is 5.02 Å². The summed E-state index contributed by atoms with van der Waals surface area (Å²) in [7, 11) is 3.29. The predicted molar refractivity (Wildman–Crippen MR) is 184 cm³/mol. The summed E-state index contributed by atoms with van der Waals surface area (Å²) in [6.07, 6.45) is 5.19. The fourth-order valence-electron chi connectivity index (χ4n) is 7.33. The number of halogens is 1. The first-order valence-corrected chi connectivity index (χ1v) is 16.3. The molecule has 1 atom stereocenters. The van der Waals surface area contributed by atoms with Crippen molar-refractivity contribution in [1.82, 2.24) is 30.0 Å². The van der Waals surface area contributed by atoms with E-state index in [-0.39, 0.29) is 29.7 Å². The van der Waals surface area contributed by atoms with Crippen molar-refractivity contribution >= 4 is 39.8 Å². The van der Waals surface area contributed by atoms with Crippen LogP contribution < -0.4 is 20.9 Å². The number of nitrogens with one attached hydrogen (secondary N) is 2. The van der Waals surface area contributed by atoms with E-state index in [1.54, 1.807) is 32.6 Å². The SMILES string of the molecule is COc1nc(-c2cccc(-c3cccc(Nc4nccc5cnn(C)c(=O)c45)c3C)c2Cl)cc2c1[C@@H](N1CC3(CNC(=O)CO3)C1)CC2. The highest BCUT2D eigenvalue weighted by Crippen LogP contribution is 2.47. The highest BCUT2D eigenvalue weighted by Gasteiger charge is 2.50. The molecule has 2 fully saturated rings. The number of rotatable bonds is 6. The molecule has 5 aromatic rings. The van der Waals surface area contributed by atoms with Gasteiger partial charge in [0.1, 0.15) is 18.0 Å². The quantitative estimate of drug-likeness (QED) is 0.260. The van der Waals surface area contributed by atoms with Crippen molar-refractivity contribution in [3.63, 3.8) is 0 Å². The van der Waals surface area contributed by atoms with Gasteiger partial charge in [0, 0.05) is 66.7 Å². The van der Waals surface area contributed by atoms with Crippen molar-refractivity contribution in [1.29, 1.82) is 0 Å². The monoisotopic (exact) mass is 663 g/mol. The average molecular weight is 664 g/mol. The van der Waals surface area contributed by atoms with Gasteiger partial charge in [-0.25, -0.2) is 14.6 Å². The van der Waals surface area contributed by atoms with Gasteiger partial charge in [-0.2, -0.15) is 5.10 Å². The Bertz CT molecular complexity index is 2170. The van der Waals surface area contributed by atoms with Gasteiger partial charge in [0.05, 0.1) is 29.4 Å². The molecule has 3 aliphatic rings. The Labute approximate surface area is 281 Å². The molecule has 2 aromatic carbocycles. The van der Waals surface area contributed by atoms with E-state index in [2.05, 4.69) is 31.7 Å². The van der Waals surface area contributed by atoms with Crippen LogP contribution in [0.4, 0.5) is 11.5 Å². The molecule has 1 spiro atoms. The molecule has 2 aliphatic heterocycles. The Morgan fingerprint density at radius 2 is 1.90 bits per heavy atom. The van der Waals surface area contributed by atoms with Crippen LogP contribution in [-0.4, -0.2) is 69.5 Å². The number of amides is 1. The van der Waals surface area contributed by atoms with Crippen molar-refractivity contribution < 1.29 is 14.3 Å². The largest absolute Gasteiger partial charge is 0.481 e. The number of nitrogens with zero attached hydrogens (tertiary/aromatic N) is 5. The van der Waals surface area contributed by atoms with Crippen LogP contribution in [0, 0.1) is 6.92 Å². The number of likely N-dealkylation sites (tertiary alicyclic amines) is 1. The molecule has 3 aromatic heterocycles. The lowest BCUT2D eigenvalue weighted by Gasteiger charge is -2.53. The maximum atomic E-state index is 13.0. The zero-order valence-corrected chi connectivity index (χ0v) is 27.6. The molecular weight excluding hydrogens is 630 g/mol. The Balaban J connectivity index is 1.10. The molecule has 48 heavy (non-hydrogen) atoms. The molecule has 12 heteroatoms. The van der Waals surface area contributed by atoms with Gasteiger partial charge in [-0.05, 0) is 54.7 Å². The third kappa shape index (κ3) is 5.01. The van der Waals surface area contributed by atoms with E-state index < -0.39 is 0 Å². The second kappa shape index (κ2) is 11.7. The second-order valence-corrected chi connectivity index (χ2v) is 13.1. The van der Waals surface area contributed by atoms with Gasteiger partial charge in [-0.3, -0.25) is 14.5 Å². The predicted octanol–water partition coefficient (Wildman–Crippen LogP) is 4.96. The molecule has 2 saturated heterocycles. The van der Waals surface area contributed by atoms with Gasteiger partial charge in [-0.1, -0.05) is 41.9 Å². The molecule has 8 rings (SSSR count). The van der Waals surface area contributed by atoms with E-state index in [0.29, 0.717) is 34.0 Å². The topological polar surface area (TPSA) is 124 Å². The van der Waals surface area contributed by atoms with Gasteiger partial charge in [0.25, 0.3) is 5.56 Å². The minimum absolute atomic E-state index is 0.0599. The summed E-state index contributed by atoms with van der Waals surface area (Å²) in [5.41, 5.74) is 6.94. The summed E-state index contributed by atoms with van der Waals surface area (Å²) in [6, 6.07) is 16.0. The minimum atomic E-state index is -0.309. The number of aryl methyl sites for hydroxylation is 2. The number of carbonyl (C=O) groups excluding carboxylic acids is 1. The fourth-order valence-corrected chi connectivity index (χ4v) is 7.66. The van der Waals surface area contributed by atoms with Crippen LogP contribution in [0.15, 0.2) is 65.7 Å². The molecule has 244 valence electrons. The van der Waals surface area contributed by atoms with Crippen LogP contribution in [0.3, 0.4) is 0 Å². The molecule has 2 N–H and O–H groups in total. The lowest BCUT2D eigenvalue weighted by atomic mass is 9.89. The molecule has 0 bridgehead atoms. The average Bonchev–Trinajstić information content (AvgIpc) is 3.50. The number of methoxy groups -OCH3 is 1. The number of ether oxygens (including phenoxy) is 2. The molecule has 0 radical (unpaired) electrons. The van der Waals surface area contributed by atoms with E-state index in [4.69, 9.17) is 26.1 Å². The van der Waals surface area contributed by atoms with Gasteiger partial charge in [0.15, 0.2) is 0 Å². The fraction of sp³-hybridized carbons (Fsp3) is 0.306. The van der Waals surface area contributed by atoms with Crippen molar-refractivity contribution in [2.24, 2.45) is 7.05 Å². The molecule has 1 amide bonds. The van der Waals surface area contributed by atoms with E-state index in [0.717, 1.165) is 65.1 Å². The molecule has 0 unspecified atom stereocenters. The zero-order chi connectivity index (χ0) is 33.2. The Kier molecular flexibility index (Phi) is 7.43. The Morgan fingerprint density at radius 3 is 2.69 bits per heavy atom. The Morgan fingerprint density at radius 1 is 1.10 bits per heavy atom. The smallest absolute Gasteiger partial charge is 0.278 e. The van der Waals surface area contributed by atoms with Crippen LogP contribution in [0.25, 0.3) is 33.2 Å². The van der Waals surface area contributed by atoms with Crippen molar-refractivity contribution in [2.45, 2.75) is 31.4 Å². The number of benzene rings is 2. The maximum absolute atomic E-state index is 13.0. The maximum Gasteiger partial charge on any atom is 0.278 e. The van der Waals surface area contributed by atoms with E-state index in [9.17, 15) is 9.59 Å². The number of pyridine rings is 2. The van der Waals surface area contributed by atoms with Gasteiger partial charge in [0.2, 0.25) is 11.8 Å². The van der Waals surface area contributed by atoms with Crippen molar-refractivity contribution in [3.8, 4) is 28.3 Å². The highest BCUT2D eigenvalue weighted by atomic mass is 35.5. The number of morpholine rings is 1. The molecule has 5 heterocycles. The normalized spacial score (nSPS) is 18.4. The van der Waals surface area contributed by atoms with Crippen LogP contribution in [-0.2, 0) is 23.0 Å². The second-order valence-electron chi connectivity index (χ2n) is 12.8. The Hall–Kier alpha value is -4.84. The van der Waals surface area contributed by atoms with Gasteiger partial charge < -0.3 is 20.1 Å². The third-order valence-corrected chi connectivity index (χ3v) is 10.3. The standard InChI is InChI=1S/C36H34ClN7O4/c1-20-23(6-5-9-26(20)41-33-31-22(12-13-38-33)15-40-43(2)35(31)46)24-7-4-8-25(32(24)37)27-14-21-10-11-28(30(21)34(42-27)47-3)44-18-36(19-44)17-39-29(45)16-48-36/h4-9,12-15,28H,10-11,16-19H2,1-3H3,(H,38,41)(H,39,45)/t28-/m0/s1. The number of anilines is 2. The summed E-state index contributed by atoms with van der Waals surface area (Å²) >= 11 is 7.21. The van der Waals surface area contributed by atoms with Gasteiger partial charge >= 0.3 is 0 Å². The number of aromatic nitrogens is 4. The summed E-state index contributed by atoms with van der Waals surface area (Å²) < 4.78 is 13.1. The lowest BCUT2D eigenvalue weighted by Crippen LogP contribution is -2.70. The minimum Gasteiger partial charge on any atom is -0.481 e. The van der Waals surface area contributed by atoms with E-state index >= 15 is 0 Å². The summed E-state index contributed by atoms with van der Waals surface area (Å²) in [6.45, 7) is 4.20. The van der Waals surface area contributed by atoms with Gasteiger partial charge in [-0.15, -0.1) is 0 Å². The molecule has 1 aliphatic carbocycles. The van der Waals surface area contributed by atoms with Crippen molar-refractivity contribution in [3.05, 3.63) is 93.0 Å². The first-order valence-electron chi connectivity index (χ1n) is 15.9. The highest BCUT2D eigenvalue weighted by molar-refractivity contribution is 6.36. The summed E-state index contributed by atoms with van der Waals surface area (Å²) in [5, 5.41) is 12.2. The first-order chi connectivity index (χ1) is 23.2. The number of fused-ring (bicyclic) bond motifs is 2. The van der Waals surface area contributed by atoms with Crippen LogP contribution in [0.1, 0.15) is 29.2 Å². The van der Waals surface area contributed by atoms with E-state index in [1.165, 1.54) is 10.2 Å². The van der Waals surface area contributed by atoms with E-state index in [1.807, 2.05) is 43.3 Å². The number of carbonyl (C=O) groups is 1. The molecule has 0 saturated carbocycles. The number of hydrogen-bond donors (Lipinski definition) is 2.